The SMILES string of the molecule is CSC(C)(C)CNCC(=O)N1CCCCCC1. The quantitative estimate of drug-likeness (QED) is 0.820. The van der Waals surface area contributed by atoms with Crippen molar-refractivity contribution in [3.8, 4) is 0 Å². The second kappa shape index (κ2) is 7.27. The molecule has 1 heterocycles. The van der Waals surface area contributed by atoms with Gasteiger partial charge in [-0.15, -0.1) is 0 Å². The average molecular weight is 258 g/mol. The number of hydrogen-bond acceptors (Lipinski definition) is 3. The predicted molar refractivity (Wildman–Crippen MR) is 75.5 cm³/mol. The summed E-state index contributed by atoms with van der Waals surface area (Å²) in [5.41, 5.74) is 0. The van der Waals surface area contributed by atoms with Gasteiger partial charge in [0.15, 0.2) is 0 Å². The Balaban J connectivity index is 2.24. The van der Waals surface area contributed by atoms with E-state index >= 15 is 0 Å². The van der Waals surface area contributed by atoms with Crippen molar-refractivity contribution in [2.75, 3.05) is 32.4 Å². The summed E-state index contributed by atoms with van der Waals surface area (Å²) in [6.45, 7) is 7.67. The highest BCUT2D eigenvalue weighted by Gasteiger charge is 2.18. The Morgan fingerprint density at radius 3 is 2.35 bits per heavy atom. The number of carbonyl (C=O) groups excluding carboxylic acids is 1. The Bertz CT molecular complexity index is 236. The van der Waals surface area contributed by atoms with Crippen LogP contribution in [0.5, 0.6) is 0 Å². The maximum Gasteiger partial charge on any atom is 0.236 e. The first-order chi connectivity index (χ1) is 8.05. The van der Waals surface area contributed by atoms with Crippen LogP contribution in [0.4, 0.5) is 0 Å². The summed E-state index contributed by atoms with van der Waals surface area (Å²) in [6.07, 6.45) is 7.00. The van der Waals surface area contributed by atoms with Crippen LogP contribution in [0, 0.1) is 0 Å². The van der Waals surface area contributed by atoms with Gasteiger partial charge in [0.05, 0.1) is 6.54 Å². The fourth-order valence-corrected chi connectivity index (χ4v) is 2.22. The lowest BCUT2D eigenvalue weighted by atomic mass is 10.2. The summed E-state index contributed by atoms with van der Waals surface area (Å²) in [7, 11) is 0. The van der Waals surface area contributed by atoms with Crippen LogP contribution in [0.3, 0.4) is 0 Å². The Morgan fingerprint density at radius 2 is 1.82 bits per heavy atom. The Morgan fingerprint density at radius 1 is 1.24 bits per heavy atom. The summed E-state index contributed by atoms with van der Waals surface area (Å²) < 4.78 is 0.207. The third kappa shape index (κ3) is 5.77. The molecule has 0 saturated carbocycles. The summed E-state index contributed by atoms with van der Waals surface area (Å²) in [5, 5.41) is 3.28. The first kappa shape index (κ1) is 14.8. The molecule has 0 aliphatic carbocycles. The van der Waals surface area contributed by atoms with E-state index in [1.54, 1.807) is 0 Å². The van der Waals surface area contributed by atoms with Gasteiger partial charge in [0.25, 0.3) is 0 Å². The van der Waals surface area contributed by atoms with E-state index in [-0.39, 0.29) is 10.7 Å². The number of hydrogen-bond donors (Lipinski definition) is 1. The number of nitrogens with one attached hydrogen (secondary N) is 1. The van der Waals surface area contributed by atoms with Gasteiger partial charge < -0.3 is 10.2 Å². The fourth-order valence-electron chi connectivity index (χ4n) is 1.97. The lowest BCUT2D eigenvalue weighted by Crippen LogP contribution is -2.42. The van der Waals surface area contributed by atoms with E-state index in [2.05, 4.69) is 25.4 Å². The molecule has 1 amide bonds. The molecular formula is C13H26N2OS. The minimum Gasteiger partial charge on any atom is -0.342 e. The van der Waals surface area contributed by atoms with Crippen molar-refractivity contribution in [2.24, 2.45) is 0 Å². The van der Waals surface area contributed by atoms with E-state index in [4.69, 9.17) is 0 Å². The molecule has 1 saturated heterocycles. The maximum absolute atomic E-state index is 12.0. The molecule has 0 aromatic heterocycles. The summed E-state index contributed by atoms with van der Waals surface area (Å²) >= 11 is 1.83. The van der Waals surface area contributed by atoms with Gasteiger partial charge >= 0.3 is 0 Å². The average Bonchev–Trinajstić information content (AvgIpc) is 2.57. The van der Waals surface area contributed by atoms with E-state index in [0.717, 1.165) is 19.6 Å². The molecule has 4 heteroatoms. The largest absolute Gasteiger partial charge is 0.342 e. The van der Waals surface area contributed by atoms with Crippen molar-refractivity contribution in [3.05, 3.63) is 0 Å². The zero-order valence-electron chi connectivity index (χ0n) is 11.4. The van der Waals surface area contributed by atoms with Crippen molar-refractivity contribution >= 4 is 17.7 Å². The van der Waals surface area contributed by atoms with E-state index < -0.39 is 0 Å². The van der Waals surface area contributed by atoms with E-state index in [1.165, 1.54) is 25.7 Å². The number of carbonyl (C=O) groups is 1. The van der Waals surface area contributed by atoms with Crippen LogP contribution in [0.25, 0.3) is 0 Å². The summed E-state index contributed by atoms with van der Waals surface area (Å²) in [4.78, 5) is 14.0. The smallest absolute Gasteiger partial charge is 0.236 e. The number of amides is 1. The van der Waals surface area contributed by atoms with Crippen molar-refractivity contribution in [2.45, 2.75) is 44.3 Å². The summed E-state index contributed by atoms with van der Waals surface area (Å²) in [6, 6.07) is 0. The molecule has 1 fully saturated rings. The van der Waals surface area contributed by atoms with Crippen LogP contribution in [0.15, 0.2) is 0 Å². The lowest BCUT2D eigenvalue weighted by Gasteiger charge is -2.24. The van der Waals surface area contributed by atoms with Gasteiger partial charge in [-0.05, 0) is 32.9 Å². The molecule has 3 nitrogen and oxygen atoms in total. The van der Waals surface area contributed by atoms with Gasteiger partial charge in [-0.1, -0.05) is 12.8 Å². The molecule has 0 bridgehead atoms. The monoisotopic (exact) mass is 258 g/mol. The third-order valence-electron chi connectivity index (χ3n) is 3.34. The highest BCUT2D eigenvalue weighted by molar-refractivity contribution is 7.99. The second-order valence-corrected chi connectivity index (χ2v) is 6.88. The third-order valence-corrected chi connectivity index (χ3v) is 4.59. The molecule has 0 atom stereocenters. The number of likely N-dealkylation sites (tertiary alicyclic amines) is 1. The molecule has 1 aliphatic heterocycles. The molecule has 0 spiro atoms. The van der Waals surface area contributed by atoms with Crippen LogP contribution in [0.2, 0.25) is 0 Å². The van der Waals surface area contributed by atoms with E-state index in [9.17, 15) is 4.79 Å². The zero-order chi connectivity index (χ0) is 12.7. The lowest BCUT2D eigenvalue weighted by molar-refractivity contribution is -0.130. The van der Waals surface area contributed by atoms with Crippen molar-refractivity contribution < 1.29 is 4.79 Å². The Hall–Kier alpha value is -0.220. The van der Waals surface area contributed by atoms with Crippen LogP contribution < -0.4 is 5.32 Å². The molecule has 1 N–H and O–H groups in total. The molecule has 17 heavy (non-hydrogen) atoms. The highest BCUT2D eigenvalue weighted by atomic mass is 32.2. The maximum atomic E-state index is 12.0. The molecule has 1 aliphatic rings. The normalized spacial score (nSPS) is 17.9. The van der Waals surface area contributed by atoms with Gasteiger partial charge in [0.1, 0.15) is 0 Å². The van der Waals surface area contributed by atoms with Crippen molar-refractivity contribution in [1.29, 1.82) is 0 Å². The molecule has 1 rings (SSSR count). The first-order valence-electron chi connectivity index (χ1n) is 6.59. The van der Waals surface area contributed by atoms with Gasteiger partial charge in [0, 0.05) is 24.4 Å². The molecular weight excluding hydrogens is 232 g/mol. The highest BCUT2D eigenvalue weighted by Crippen LogP contribution is 2.19. The molecule has 0 radical (unpaired) electrons. The first-order valence-corrected chi connectivity index (χ1v) is 7.81. The number of nitrogens with zero attached hydrogens (tertiary/aromatic N) is 1. The zero-order valence-corrected chi connectivity index (χ0v) is 12.2. The van der Waals surface area contributed by atoms with Gasteiger partial charge in [-0.3, -0.25) is 4.79 Å². The molecule has 100 valence electrons. The van der Waals surface area contributed by atoms with E-state index in [1.807, 2.05) is 16.7 Å². The van der Waals surface area contributed by atoms with Crippen LogP contribution in [-0.4, -0.2) is 48.0 Å². The van der Waals surface area contributed by atoms with Crippen molar-refractivity contribution in [1.82, 2.24) is 10.2 Å². The van der Waals surface area contributed by atoms with Gasteiger partial charge in [-0.2, -0.15) is 11.8 Å². The topological polar surface area (TPSA) is 32.3 Å². The standard InChI is InChI=1S/C13H26N2OS/c1-13(2,17-3)11-14-10-12(16)15-8-6-4-5-7-9-15/h14H,4-11H2,1-3H3. The van der Waals surface area contributed by atoms with Crippen LogP contribution >= 0.6 is 11.8 Å². The second-order valence-electron chi connectivity index (χ2n) is 5.36. The minimum absolute atomic E-state index is 0.207. The predicted octanol–water partition coefficient (Wildman–Crippen LogP) is 2.12. The summed E-state index contributed by atoms with van der Waals surface area (Å²) in [5.74, 6) is 0.267. The molecule has 0 unspecified atom stereocenters. The van der Waals surface area contributed by atoms with Crippen LogP contribution in [-0.2, 0) is 4.79 Å². The number of rotatable bonds is 5. The Labute approximate surface area is 110 Å². The van der Waals surface area contributed by atoms with Gasteiger partial charge in [-0.25, -0.2) is 0 Å². The van der Waals surface area contributed by atoms with Gasteiger partial charge in [0.2, 0.25) is 5.91 Å². The fraction of sp³-hybridized carbons (Fsp3) is 0.923. The Kier molecular flexibility index (Phi) is 6.34. The van der Waals surface area contributed by atoms with Crippen LogP contribution in [0.1, 0.15) is 39.5 Å². The van der Waals surface area contributed by atoms with Crippen molar-refractivity contribution in [3.63, 3.8) is 0 Å². The van der Waals surface area contributed by atoms with E-state index in [0.29, 0.717) is 6.54 Å². The molecule has 0 aromatic carbocycles. The number of thioether (sulfide) groups is 1. The minimum atomic E-state index is 0.207. The molecule has 0 aromatic rings.